The number of hydrogen-bond acceptors (Lipinski definition) is 7. The molecule has 22 heavy (non-hydrogen) atoms. The summed E-state index contributed by atoms with van der Waals surface area (Å²) in [5.41, 5.74) is 0. The van der Waals surface area contributed by atoms with Crippen molar-refractivity contribution in [2.24, 2.45) is 0 Å². The number of aliphatic hydroxyl groups excluding tert-OH is 5. The first-order valence-corrected chi connectivity index (χ1v) is 6.71. The molecule has 1 fully saturated rings. The van der Waals surface area contributed by atoms with Crippen LogP contribution in [0, 0.1) is 0 Å². The van der Waals surface area contributed by atoms with E-state index >= 15 is 0 Å². The van der Waals surface area contributed by atoms with E-state index in [1.54, 1.807) is 6.08 Å². The molecule has 1 aliphatic rings. The van der Waals surface area contributed by atoms with E-state index in [2.05, 4.69) is 13.2 Å². The molecule has 134 valence electrons. The number of aliphatic hydroxyl groups is 5. The fraction of sp³-hybridized carbons (Fsp3) is 0.733. The van der Waals surface area contributed by atoms with Crippen LogP contribution in [0.25, 0.3) is 0 Å². The molecule has 7 heteroatoms. The largest absolute Gasteiger partial charge is 0.396 e. The van der Waals surface area contributed by atoms with Gasteiger partial charge in [-0.05, 0) is 18.9 Å². The molecule has 0 spiro atoms. The third kappa shape index (κ3) is 17.3. The third-order valence-corrected chi connectivity index (χ3v) is 2.22. The Morgan fingerprint density at radius 3 is 2.00 bits per heavy atom. The van der Waals surface area contributed by atoms with E-state index in [0.29, 0.717) is 13.0 Å². The van der Waals surface area contributed by atoms with Crippen LogP contribution in [-0.4, -0.2) is 77.1 Å². The van der Waals surface area contributed by atoms with Crippen molar-refractivity contribution in [3.63, 3.8) is 0 Å². The van der Waals surface area contributed by atoms with E-state index < -0.39 is 6.10 Å². The third-order valence-electron chi connectivity index (χ3n) is 2.22. The van der Waals surface area contributed by atoms with Crippen molar-refractivity contribution in [3.8, 4) is 0 Å². The van der Waals surface area contributed by atoms with Crippen molar-refractivity contribution in [1.82, 2.24) is 0 Å². The molecule has 0 radical (unpaired) electrons. The maximum atomic E-state index is 8.52. The Morgan fingerprint density at radius 2 is 1.73 bits per heavy atom. The Labute approximate surface area is 133 Å². The fourth-order valence-corrected chi connectivity index (χ4v) is 1.13. The fourth-order valence-electron chi connectivity index (χ4n) is 1.13. The molecule has 1 saturated heterocycles. The van der Waals surface area contributed by atoms with Gasteiger partial charge in [-0.1, -0.05) is 20.1 Å². The van der Waals surface area contributed by atoms with Gasteiger partial charge in [0, 0.05) is 13.2 Å². The summed E-state index contributed by atoms with van der Waals surface area (Å²) in [5, 5.41) is 40.9. The van der Waals surface area contributed by atoms with E-state index in [0.717, 1.165) is 0 Å². The molecular formula is C15H32O7. The summed E-state index contributed by atoms with van der Waals surface area (Å²) in [5.74, 6) is 0. The molecule has 5 N–H and O–H groups in total. The lowest BCUT2D eigenvalue weighted by molar-refractivity contribution is -0.0229. The molecule has 0 aliphatic carbocycles. The van der Waals surface area contributed by atoms with Crippen LogP contribution in [0.4, 0.5) is 0 Å². The Balaban J connectivity index is -0.000000266. The molecule has 0 aromatic rings. The second-order valence-corrected chi connectivity index (χ2v) is 4.03. The number of hydrogen-bond donors (Lipinski definition) is 5. The molecule has 0 bridgehead atoms. The summed E-state index contributed by atoms with van der Waals surface area (Å²) in [6.07, 6.45) is 2.98. The second-order valence-electron chi connectivity index (χ2n) is 4.03. The molecular weight excluding hydrogens is 292 g/mol. The molecule has 1 heterocycles. The van der Waals surface area contributed by atoms with Gasteiger partial charge in [0.25, 0.3) is 0 Å². The van der Waals surface area contributed by atoms with E-state index in [1.165, 1.54) is 6.08 Å². The van der Waals surface area contributed by atoms with Crippen molar-refractivity contribution in [2.75, 3.05) is 33.0 Å². The van der Waals surface area contributed by atoms with Gasteiger partial charge < -0.3 is 35.0 Å². The zero-order valence-corrected chi connectivity index (χ0v) is 12.3. The Bertz CT molecular complexity index is 236. The summed E-state index contributed by atoms with van der Waals surface area (Å²) >= 11 is 0. The lowest BCUT2D eigenvalue weighted by Gasteiger charge is -2.05. The SMILES string of the molecule is C.C=CC1OCC(CCO)O1.C=CCO.OCCC(O)CO. The molecule has 0 amide bonds. The standard InChI is InChI=1S/C7H12O3.C4H10O3.C3H6O.CH4/c1-2-7-9-5-6(10-7)3-4-8;5-2-1-4(7)3-6;1-2-3-4;/h2,6-8H,1,3-5H2;4-7H,1-3H2;2,4H,1,3H2;1H4. The minimum atomic E-state index is -0.745. The molecule has 0 saturated carbocycles. The average molecular weight is 324 g/mol. The van der Waals surface area contributed by atoms with Crippen LogP contribution in [0.1, 0.15) is 20.3 Å². The lowest BCUT2D eigenvalue weighted by atomic mass is 10.3. The van der Waals surface area contributed by atoms with Crippen molar-refractivity contribution in [2.45, 2.75) is 38.8 Å². The van der Waals surface area contributed by atoms with E-state index in [9.17, 15) is 0 Å². The van der Waals surface area contributed by atoms with Crippen LogP contribution < -0.4 is 0 Å². The Hall–Kier alpha value is -0.800. The van der Waals surface area contributed by atoms with Crippen LogP contribution in [0.5, 0.6) is 0 Å². The first-order valence-electron chi connectivity index (χ1n) is 6.71. The first-order chi connectivity index (χ1) is 10.1. The van der Waals surface area contributed by atoms with Gasteiger partial charge in [0.1, 0.15) is 0 Å². The first kappa shape index (κ1) is 26.1. The summed E-state index contributed by atoms with van der Waals surface area (Å²) in [6, 6.07) is 0. The van der Waals surface area contributed by atoms with Crippen LogP contribution in [0.15, 0.2) is 25.3 Å². The van der Waals surface area contributed by atoms with Gasteiger partial charge in [0.15, 0.2) is 6.29 Å². The molecule has 1 rings (SSSR count). The summed E-state index contributed by atoms with van der Waals surface area (Å²) in [4.78, 5) is 0. The maximum Gasteiger partial charge on any atom is 0.177 e. The van der Waals surface area contributed by atoms with Crippen LogP contribution in [0.2, 0.25) is 0 Å². The van der Waals surface area contributed by atoms with Gasteiger partial charge in [-0.25, -0.2) is 0 Å². The van der Waals surface area contributed by atoms with Gasteiger partial charge in [-0.2, -0.15) is 0 Å². The quantitative estimate of drug-likeness (QED) is 0.412. The highest BCUT2D eigenvalue weighted by molar-refractivity contribution is 4.78. The van der Waals surface area contributed by atoms with Gasteiger partial charge in [0.2, 0.25) is 0 Å². The topological polar surface area (TPSA) is 120 Å². The van der Waals surface area contributed by atoms with Crippen LogP contribution >= 0.6 is 0 Å². The van der Waals surface area contributed by atoms with E-state index in [1.807, 2.05) is 0 Å². The minimum absolute atomic E-state index is 0. The zero-order chi connectivity index (χ0) is 16.5. The van der Waals surface area contributed by atoms with Crippen molar-refractivity contribution >= 4 is 0 Å². The summed E-state index contributed by atoms with van der Waals surface area (Å²) in [7, 11) is 0. The highest BCUT2D eigenvalue weighted by atomic mass is 16.7. The average Bonchev–Trinajstić information content (AvgIpc) is 2.96. The maximum absolute atomic E-state index is 8.52. The Kier molecular flexibility index (Phi) is 24.0. The van der Waals surface area contributed by atoms with Gasteiger partial charge >= 0.3 is 0 Å². The lowest BCUT2D eigenvalue weighted by Crippen LogP contribution is -2.12. The van der Waals surface area contributed by atoms with Crippen LogP contribution in [0.3, 0.4) is 0 Å². The van der Waals surface area contributed by atoms with Crippen LogP contribution in [-0.2, 0) is 9.47 Å². The number of ether oxygens (including phenoxy) is 2. The molecule has 0 aromatic heterocycles. The van der Waals surface area contributed by atoms with Gasteiger partial charge in [0.05, 0.1) is 32.0 Å². The molecule has 3 unspecified atom stereocenters. The van der Waals surface area contributed by atoms with Crippen molar-refractivity contribution in [1.29, 1.82) is 0 Å². The van der Waals surface area contributed by atoms with E-state index in [-0.39, 0.29) is 52.7 Å². The van der Waals surface area contributed by atoms with Crippen molar-refractivity contribution in [3.05, 3.63) is 25.3 Å². The van der Waals surface area contributed by atoms with Gasteiger partial charge in [-0.15, -0.1) is 6.58 Å². The molecule has 3 atom stereocenters. The predicted octanol–water partition coefficient (Wildman–Crippen LogP) is -0.181. The monoisotopic (exact) mass is 324 g/mol. The second kappa shape index (κ2) is 20.2. The van der Waals surface area contributed by atoms with Crippen molar-refractivity contribution < 1.29 is 35.0 Å². The zero-order valence-electron chi connectivity index (χ0n) is 12.3. The minimum Gasteiger partial charge on any atom is -0.396 e. The molecule has 1 aliphatic heterocycles. The van der Waals surface area contributed by atoms with Gasteiger partial charge in [-0.3, -0.25) is 0 Å². The number of rotatable bonds is 7. The highest BCUT2D eigenvalue weighted by Gasteiger charge is 2.22. The molecule has 7 nitrogen and oxygen atoms in total. The Morgan fingerprint density at radius 1 is 1.14 bits per heavy atom. The summed E-state index contributed by atoms with van der Waals surface area (Å²) < 4.78 is 10.4. The smallest absolute Gasteiger partial charge is 0.177 e. The normalized spacial score (nSPS) is 20.4. The van der Waals surface area contributed by atoms with E-state index in [4.69, 9.17) is 35.0 Å². The predicted molar refractivity (Wildman–Crippen MR) is 85.3 cm³/mol. The molecule has 0 aromatic carbocycles. The summed E-state index contributed by atoms with van der Waals surface area (Å²) in [6.45, 7) is 7.22. The highest BCUT2D eigenvalue weighted by Crippen LogP contribution is 2.13.